The van der Waals surface area contributed by atoms with E-state index in [2.05, 4.69) is 9.82 Å². The smallest absolute Gasteiger partial charge is 0.276 e. The normalized spacial score (nSPS) is 11.5. The Bertz CT molecular complexity index is 860. The van der Waals surface area contributed by atoms with Crippen LogP contribution in [-0.4, -0.2) is 23.1 Å². The van der Waals surface area contributed by atoms with Crippen LogP contribution < -0.4 is 4.72 Å². The third kappa shape index (κ3) is 2.90. The molecule has 0 spiro atoms. The lowest BCUT2D eigenvalue weighted by Gasteiger charge is -2.10. The first-order chi connectivity index (χ1) is 10.1. The minimum Gasteiger partial charge on any atom is -0.276 e. The number of benzene rings is 1. The standard InChI is InChI=1S/C12H13ClN4O4S/c1-7-4-11(17(18)19)9(13)5-12(7)22(20,21)15-10-6-14-16(3)8(10)2/h4-6,15H,1-3H3. The molecular formula is C12H13ClN4O4S. The Kier molecular flexibility index (Phi) is 4.12. The summed E-state index contributed by atoms with van der Waals surface area (Å²) in [5.41, 5.74) is 0.853. The van der Waals surface area contributed by atoms with E-state index < -0.39 is 14.9 Å². The van der Waals surface area contributed by atoms with Crippen LogP contribution in [0.25, 0.3) is 0 Å². The van der Waals surface area contributed by atoms with Crippen molar-refractivity contribution >= 4 is 33.0 Å². The quantitative estimate of drug-likeness (QED) is 0.676. The third-order valence-electron chi connectivity index (χ3n) is 3.21. The lowest BCUT2D eigenvalue weighted by Crippen LogP contribution is -2.15. The monoisotopic (exact) mass is 344 g/mol. The first-order valence-electron chi connectivity index (χ1n) is 6.09. The molecule has 0 aliphatic heterocycles. The lowest BCUT2D eigenvalue weighted by atomic mass is 10.2. The van der Waals surface area contributed by atoms with Gasteiger partial charge in [0.05, 0.1) is 27.4 Å². The highest BCUT2D eigenvalue weighted by molar-refractivity contribution is 7.92. The van der Waals surface area contributed by atoms with Crippen LogP contribution in [0.5, 0.6) is 0 Å². The molecule has 8 nitrogen and oxygen atoms in total. The number of nitrogens with one attached hydrogen (secondary N) is 1. The number of aryl methyl sites for hydroxylation is 2. The van der Waals surface area contributed by atoms with E-state index in [4.69, 9.17) is 11.6 Å². The van der Waals surface area contributed by atoms with Crippen molar-refractivity contribution in [2.24, 2.45) is 7.05 Å². The molecule has 0 unspecified atom stereocenters. The Balaban J connectivity index is 2.48. The molecule has 0 aliphatic rings. The van der Waals surface area contributed by atoms with Gasteiger partial charge < -0.3 is 0 Å². The van der Waals surface area contributed by atoms with E-state index in [1.807, 2.05) is 0 Å². The first-order valence-corrected chi connectivity index (χ1v) is 7.95. The van der Waals surface area contributed by atoms with E-state index >= 15 is 0 Å². The van der Waals surface area contributed by atoms with Gasteiger partial charge in [-0.15, -0.1) is 0 Å². The zero-order valence-corrected chi connectivity index (χ0v) is 13.6. The largest absolute Gasteiger partial charge is 0.288 e. The molecule has 10 heteroatoms. The third-order valence-corrected chi connectivity index (χ3v) is 5.02. The number of nitrogens with zero attached hydrogens (tertiary/aromatic N) is 3. The number of anilines is 1. The number of hydrogen-bond acceptors (Lipinski definition) is 5. The molecule has 1 aromatic heterocycles. The first kappa shape index (κ1) is 16.2. The predicted molar refractivity (Wildman–Crippen MR) is 81.6 cm³/mol. The summed E-state index contributed by atoms with van der Waals surface area (Å²) < 4.78 is 28.8. The molecule has 0 aliphatic carbocycles. The zero-order valence-electron chi connectivity index (χ0n) is 12.0. The molecule has 0 amide bonds. The fraction of sp³-hybridized carbons (Fsp3) is 0.250. The number of aromatic nitrogens is 2. The highest BCUT2D eigenvalue weighted by atomic mass is 35.5. The minimum atomic E-state index is -3.93. The second-order valence-corrected chi connectivity index (χ2v) is 6.76. The lowest BCUT2D eigenvalue weighted by molar-refractivity contribution is -0.384. The minimum absolute atomic E-state index is 0.119. The molecule has 1 heterocycles. The van der Waals surface area contributed by atoms with Crippen molar-refractivity contribution in [2.75, 3.05) is 4.72 Å². The van der Waals surface area contributed by atoms with E-state index in [9.17, 15) is 18.5 Å². The van der Waals surface area contributed by atoms with Gasteiger partial charge in [-0.2, -0.15) is 5.10 Å². The fourth-order valence-corrected chi connectivity index (χ4v) is 3.53. The summed E-state index contributed by atoms with van der Waals surface area (Å²) in [5, 5.41) is 14.5. The molecule has 118 valence electrons. The Morgan fingerprint density at radius 2 is 2.00 bits per heavy atom. The Morgan fingerprint density at radius 1 is 1.36 bits per heavy atom. The summed E-state index contributed by atoms with van der Waals surface area (Å²) in [5.74, 6) is 0. The number of nitro groups is 1. The van der Waals surface area contributed by atoms with Crippen LogP contribution in [0.3, 0.4) is 0 Å². The summed E-state index contributed by atoms with van der Waals surface area (Å²) in [6, 6.07) is 2.20. The van der Waals surface area contributed by atoms with Gasteiger partial charge >= 0.3 is 0 Å². The number of halogens is 1. The van der Waals surface area contributed by atoms with Crippen molar-refractivity contribution in [3.63, 3.8) is 0 Å². The summed E-state index contributed by atoms with van der Waals surface area (Å²) in [6.45, 7) is 3.18. The fourth-order valence-electron chi connectivity index (χ4n) is 1.88. The maximum absolute atomic E-state index is 12.4. The van der Waals surface area contributed by atoms with Gasteiger partial charge in [0.1, 0.15) is 5.02 Å². The van der Waals surface area contributed by atoms with Crippen molar-refractivity contribution < 1.29 is 13.3 Å². The Labute approximate surface area is 131 Å². The average Bonchev–Trinajstić information content (AvgIpc) is 2.72. The van der Waals surface area contributed by atoms with Crippen LogP contribution in [0.4, 0.5) is 11.4 Å². The molecule has 0 fully saturated rings. The average molecular weight is 345 g/mol. The molecule has 0 radical (unpaired) electrons. The van der Waals surface area contributed by atoms with Crippen LogP contribution >= 0.6 is 11.6 Å². The van der Waals surface area contributed by atoms with Gasteiger partial charge in [0, 0.05) is 13.1 Å². The number of sulfonamides is 1. The van der Waals surface area contributed by atoms with Crippen LogP contribution in [0.2, 0.25) is 5.02 Å². The second-order valence-electron chi connectivity index (χ2n) is 4.70. The maximum atomic E-state index is 12.4. The van der Waals surface area contributed by atoms with Gasteiger partial charge in [0.25, 0.3) is 15.7 Å². The molecule has 0 atom stereocenters. The molecule has 2 aromatic rings. The number of hydrogen-bond donors (Lipinski definition) is 1. The molecule has 0 saturated carbocycles. The highest BCUT2D eigenvalue weighted by Gasteiger charge is 2.24. The van der Waals surface area contributed by atoms with Gasteiger partial charge in [0.2, 0.25) is 0 Å². The second kappa shape index (κ2) is 5.58. The van der Waals surface area contributed by atoms with Crippen LogP contribution in [-0.2, 0) is 17.1 Å². The van der Waals surface area contributed by atoms with Crippen molar-refractivity contribution in [3.8, 4) is 0 Å². The van der Waals surface area contributed by atoms with Gasteiger partial charge in [-0.1, -0.05) is 11.6 Å². The summed E-state index contributed by atoms with van der Waals surface area (Å²) in [7, 11) is -2.25. The summed E-state index contributed by atoms with van der Waals surface area (Å²) >= 11 is 5.79. The van der Waals surface area contributed by atoms with E-state index in [0.29, 0.717) is 11.4 Å². The van der Waals surface area contributed by atoms with E-state index in [1.165, 1.54) is 17.8 Å². The van der Waals surface area contributed by atoms with Crippen molar-refractivity contribution in [1.82, 2.24) is 9.78 Å². The van der Waals surface area contributed by atoms with Crippen molar-refractivity contribution in [1.29, 1.82) is 0 Å². The zero-order chi connectivity index (χ0) is 16.7. The van der Waals surface area contributed by atoms with E-state index in [1.54, 1.807) is 14.0 Å². The predicted octanol–water partition coefficient (Wildman–Crippen LogP) is 2.40. The van der Waals surface area contributed by atoms with Crippen LogP contribution in [0, 0.1) is 24.0 Å². The van der Waals surface area contributed by atoms with Gasteiger partial charge in [-0.3, -0.25) is 19.5 Å². The summed E-state index contributed by atoms with van der Waals surface area (Å²) in [6.07, 6.45) is 1.38. The highest BCUT2D eigenvalue weighted by Crippen LogP contribution is 2.31. The van der Waals surface area contributed by atoms with Gasteiger partial charge in [0.15, 0.2) is 0 Å². The van der Waals surface area contributed by atoms with E-state index in [0.717, 1.165) is 12.1 Å². The van der Waals surface area contributed by atoms with Crippen LogP contribution in [0.1, 0.15) is 11.3 Å². The Hall–Kier alpha value is -2.13. The molecule has 1 N–H and O–H groups in total. The topological polar surface area (TPSA) is 107 Å². The Morgan fingerprint density at radius 3 is 2.50 bits per heavy atom. The van der Waals surface area contributed by atoms with Crippen molar-refractivity contribution in [2.45, 2.75) is 18.7 Å². The molecular weight excluding hydrogens is 332 g/mol. The molecule has 22 heavy (non-hydrogen) atoms. The molecule has 2 rings (SSSR count). The molecule has 1 aromatic carbocycles. The number of rotatable bonds is 4. The molecule has 0 saturated heterocycles. The summed E-state index contributed by atoms with van der Waals surface area (Å²) in [4.78, 5) is 10.0. The van der Waals surface area contributed by atoms with E-state index in [-0.39, 0.29) is 21.2 Å². The van der Waals surface area contributed by atoms with Gasteiger partial charge in [-0.05, 0) is 25.5 Å². The van der Waals surface area contributed by atoms with Crippen LogP contribution in [0.15, 0.2) is 23.2 Å². The van der Waals surface area contributed by atoms with Crippen molar-refractivity contribution in [3.05, 3.63) is 44.7 Å². The number of nitro benzene ring substituents is 1. The SMILES string of the molecule is Cc1cc([N+](=O)[O-])c(Cl)cc1S(=O)(=O)Nc1cnn(C)c1C. The molecule has 0 bridgehead atoms. The van der Waals surface area contributed by atoms with Gasteiger partial charge in [-0.25, -0.2) is 8.42 Å². The maximum Gasteiger partial charge on any atom is 0.288 e.